The smallest absolute Gasteiger partial charge is 0.405 e. The summed E-state index contributed by atoms with van der Waals surface area (Å²) in [6.45, 7) is 6.88. The zero-order chi connectivity index (χ0) is 17.8. The van der Waals surface area contributed by atoms with E-state index in [0.29, 0.717) is 10.2 Å². The molecule has 0 radical (unpaired) electrons. The highest BCUT2D eigenvalue weighted by Crippen LogP contribution is 2.31. The maximum Gasteiger partial charge on any atom is 0.405 e. The number of amides is 2. The monoisotopic (exact) mass is 389 g/mol. The highest BCUT2D eigenvalue weighted by molar-refractivity contribution is 9.10. The lowest BCUT2D eigenvalue weighted by Gasteiger charge is -2.24. The summed E-state index contributed by atoms with van der Waals surface area (Å²) in [5.74, 6) is -1.08. The van der Waals surface area contributed by atoms with Crippen molar-refractivity contribution in [1.82, 2.24) is 0 Å². The van der Waals surface area contributed by atoms with Gasteiger partial charge in [0.25, 0.3) is 0 Å². The Morgan fingerprint density at radius 2 is 2.00 bits per heavy atom. The molecule has 2 amide bonds. The predicted octanol–water partition coefficient (Wildman–Crippen LogP) is 3.61. The Bertz CT molecular complexity index is 606. The molecule has 1 rings (SSSR count). The minimum Gasteiger partial charge on any atom is -0.443 e. The summed E-state index contributed by atoms with van der Waals surface area (Å²) in [4.78, 5) is 23.0. The number of carbonyl (C=O) groups is 2. The third kappa shape index (κ3) is 6.43. The average Bonchev–Trinajstić information content (AvgIpc) is 2.30. The van der Waals surface area contributed by atoms with E-state index in [1.165, 1.54) is 6.07 Å². The molecule has 6 nitrogen and oxygen atoms in total. The van der Waals surface area contributed by atoms with Crippen molar-refractivity contribution in [2.24, 2.45) is 5.73 Å². The molecule has 0 aliphatic heterocycles. The standard InChI is InChI=1S/C15H21BrFN3O3/c1-8(2)19-11-6-9(16)5-10(17)13(11)20-12(21)7-15(3,4)23-14(18)22/h5-6,8,19H,7H2,1-4H3,(H2,18,22)(H,20,21). The van der Waals surface area contributed by atoms with E-state index < -0.39 is 23.4 Å². The summed E-state index contributed by atoms with van der Waals surface area (Å²) in [6.07, 6.45) is -1.13. The quantitative estimate of drug-likeness (QED) is 0.692. The molecule has 128 valence electrons. The van der Waals surface area contributed by atoms with Gasteiger partial charge in [0.1, 0.15) is 17.1 Å². The van der Waals surface area contributed by atoms with E-state index in [1.54, 1.807) is 19.9 Å². The number of hydrogen-bond donors (Lipinski definition) is 3. The fourth-order valence-corrected chi connectivity index (χ4v) is 2.43. The number of nitrogens with one attached hydrogen (secondary N) is 2. The number of primary amides is 1. The van der Waals surface area contributed by atoms with Crippen LogP contribution in [0, 0.1) is 5.82 Å². The third-order valence-electron chi connectivity index (χ3n) is 2.73. The van der Waals surface area contributed by atoms with Gasteiger partial charge in [-0.05, 0) is 39.8 Å². The van der Waals surface area contributed by atoms with Gasteiger partial charge in [0.2, 0.25) is 5.91 Å². The van der Waals surface area contributed by atoms with Crippen molar-refractivity contribution >= 4 is 39.3 Å². The van der Waals surface area contributed by atoms with Crippen molar-refractivity contribution in [1.29, 1.82) is 0 Å². The first-order valence-electron chi connectivity index (χ1n) is 7.04. The summed E-state index contributed by atoms with van der Waals surface area (Å²) < 4.78 is 19.6. The lowest BCUT2D eigenvalue weighted by molar-refractivity contribution is -0.119. The Balaban J connectivity index is 2.95. The molecule has 0 aliphatic rings. The summed E-state index contributed by atoms with van der Waals surface area (Å²) in [7, 11) is 0. The van der Waals surface area contributed by atoms with Gasteiger partial charge in [0.05, 0.1) is 12.1 Å². The largest absolute Gasteiger partial charge is 0.443 e. The van der Waals surface area contributed by atoms with Crippen LogP contribution in [0.3, 0.4) is 0 Å². The molecule has 4 N–H and O–H groups in total. The minimum absolute atomic E-state index is 0.0433. The lowest BCUT2D eigenvalue weighted by atomic mass is 10.0. The van der Waals surface area contributed by atoms with Gasteiger partial charge in [-0.25, -0.2) is 9.18 Å². The summed E-state index contributed by atoms with van der Waals surface area (Å²) in [5, 5.41) is 5.58. The molecule has 0 spiro atoms. The number of nitrogens with two attached hydrogens (primary N) is 1. The molecule has 1 aromatic carbocycles. The molecule has 0 aromatic heterocycles. The molecular formula is C15H21BrFN3O3. The first-order chi connectivity index (χ1) is 10.5. The molecule has 0 saturated carbocycles. The van der Waals surface area contributed by atoms with Gasteiger partial charge >= 0.3 is 6.09 Å². The first-order valence-corrected chi connectivity index (χ1v) is 7.83. The van der Waals surface area contributed by atoms with Crippen LogP contribution in [0.4, 0.5) is 20.6 Å². The van der Waals surface area contributed by atoms with Crippen LogP contribution in [0.5, 0.6) is 0 Å². The van der Waals surface area contributed by atoms with E-state index in [0.717, 1.165) is 0 Å². The molecule has 0 atom stereocenters. The third-order valence-corrected chi connectivity index (χ3v) is 3.18. The van der Waals surface area contributed by atoms with E-state index in [2.05, 4.69) is 26.6 Å². The van der Waals surface area contributed by atoms with E-state index in [1.807, 2.05) is 13.8 Å². The van der Waals surface area contributed by atoms with Crippen LogP contribution >= 0.6 is 15.9 Å². The van der Waals surface area contributed by atoms with Gasteiger partial charge in [-0.2, -0.15) is 0 Å². The predicted molar refractivity (Wildman–Crippen MR) is 90.9 cm³/mol. The van der Waals surface area contributed by atoms with Crippen LogP contribution in [-0.4, -0.2) is 23.6 Å². The second-order valence-corrected chi connectivity index (χ2v) is 6.93. The zero-order valence-corrected chi connectivity index (χ0v) is 15.1. The number of ether oxygens (including phenoxy) is 1. The Morgan fingerprint density at radius 3 is 2.52 bits per heavy atom. The number of rotatable bonds is 6. The molecule has 1 aromatic rings. The van der Waals surface area contributed by atoms with Gasteiger partial charge in [-0.15, -0.1) is 0 Å². The Morgan fingerprint density at radius 1 is 1.39 bits per heavy atom. The molecule has 23 heavy (non-hydrogen) atoms. The van der Waals surface area contributed by atoms with Crippen LogP contribution in [0.2, 0.25) is 0 Å². The fourth-order valence-electron chi connectivity index (χ4n) is 2.00. The highest BCUT2D eigenvalue weighted by atomic mass is 79.9. The van der Waals surface area contributed by atoms with Crippen molar-refractivity contribution in [2.45, 2.75) is 45.8 Å². The topological polar surface area (TPSA) is 93.4 Å². The lowest BCUT2D eigenvalue weighted by Crippen LogP contribution is -2.35. The molecule has 8 heteroatoms. The molecule has 0 unspecified atom stereocenters. The summed E-state index contributed by atoms with van der Waals surface area (Å²) >= 11 is 3.22. The normalized spacial score (nSPS) is 11.3. The minimum atomic E-state index is -1.09. The number of benzene rings is 1. The summed E-state index contributed by atoms with van der Waals surface area (Å²) in [5.41, 5.74) is 4.36. The van der Waals surface area contributed by atoms with Crippen molar-refractivity contribution in [2.75, 3.05) is 10.6 Å². The van der Waals surface area contributed by atoms with Crippen molar-refractivity contribution in [3.63, 3.8) is 0 Å². The Hall–Kier alpha value is -1.83. The Kier molecular flexibility index (Phi) is 6.37. The first kappa shape index (κ1) is 19.2. The number of carbonyl (C=O) groups excluding carboxylic acids is 2. The van der Waals surface area contributed by atoms with Crippen molar-refractivity contribution in [3.05, 3.63) is 22.4 Å². The maximum absolute atomic E-state index is 14.2. The number of anilines is 2. The van der Waals surface area contributed by atoms with Gasteiger partial charge in [-0.3, -0.25) is 4.79 Å². The van der Waals surface area contributed by atoms with E-state index >= 15 is 0 Å². The second kappa shape index (κ2) is 7.63. The van der Waals surface area contributed by atoms with Crippen molar-refractivity contribution < 1.29 is 18.7 Å². The van der Waals surface area contributed by atoms with E-state index in [-0.39, 0.29) is 18.2 Å². The number of halogens is 2. The highest BCUT2D eigenvalue weighted by Gasteiger charge is 2.26. The molecule has 0 bridgehead atoms. The van der Waals surface area contributed by atoms with E-state index in [4.69, 9.17) is 10.5 Å². The molecular weight excluding hydrogens is 369 g/mol. The van der Waals surface area contributed by atoms with E-state index in [9.17, 15) is 14.0 Å². The van der Waals surface area contributed by atoms with Crippen LogP contribution in [0.1, 0.15) is 34.1 Å². The Labute approximate surface area is 143 Å². The van der Waals surface area contributed by atoms with Gasteiger partial charge in [0.15, 0.2) is 0 Å². The van der Waals surface area contributed by atoms with Crippen LogP contribution in [-0.2, 0) is 9.53 Å². The maximum atomic E-state index is 14.2. The van der Waals surface area contributed by atoms with Gasteiger partial charge in [-0.1, -0.05) is 15.9 Å². The molecule has 0 fully saturated rings. The van der Waals surface area contributed by atoms with Gasteiger partial charge < -0.3 is 21.1 Å². The van der Waals surface area contributed by atoms with Crippen LogP contribution in [0.15, 0.2) is 16.6 Å². The molecule has 0 aliphatic carbocycles. The molecule has 0 saturated heterocycles. The van der Waals surface area contributed by atoms with Gasteiger partial charge in [0, 0.05) is 10.5 Å². The average molecular weight is 390 g/mol. The number of hydrogen-bond acceptors (Lipinski definition) is 4. The summed E-state index contributed by atoms with van der Waals surface area (Å²) in [6, 6.07) is 2.98. The second-order valence-electron chi connectivity index (χ2n) is 6.01. The fraction of sp³-hybridized carbons (Fsp3) is 0.467. The SMILES string of the molecule is CC(C)Nc1cc(Br)cc(F)c1NC(=O)CC(C)(C)OC(N)=O. The zero-order valence-electron chi connectivity index (χ0n) is 13.5. The van der Waals surface area contributed by atoms with Crippen LogP contribution in [0.25, 0.3) is 0 Å². The molecule has 0 heterocycles. The van der Waals surface area contributed by atoms with Crippen LogP contribution < -0.4 is 16.4 Å². The van der Waals surface area contributed by atoms with Crippen molar-refractivity contribution in [3.8, 4) is 0 Å².